The molecular formula is C30H19Cl. The Kier molecular flexibility index (Phi) is 4.26. The molecule has 0 fully saturated rings. The molecule has 146 valence electrons. The Morgan fingerprint density at radius 1 is 0.387 bits per heavy atom. The van der Waals surface area contributed by atoms with E-state index < -0.39 is 0 Å². The van der Waals surface area contributed by atoms with Gasteiger partial charge in [0.2, 0.25) is 0 Å². The smallest absolute Gasteiger partial charge is 0.0406 e. The third-order valence-corrected chi connectivity index (χ3v) is 6.34. The van der Waals surface area contributed by atoms with Crippen LogP contribution in [0.2, 0.25) is 5.02 Å². The second-order valence-corrected chi connectivity index (χ2v) is 8.35. The summed E-state index contributed by atoms with van der Waals surface area (Å²) in [7, 11) is 0. The summed E-state index contributed by atoms with van der Waals surface area (Å²) in [6.45, 7) is 0. The molecule has 0 N–H and O–H groups in total. The molecule has 0 heterocycles. The van der Waals surface area contributed by atoms with Gasteiger partial charge in [0.05, 0.1) is 0 Å². The average molecular weight is 415 g/mol. The van der Waals surface area contributed by atoms with E-state index >= 15 is 0 Å². The number of halogens is 1. The van der Waals surface area contributed by atoms with Crippen LogP contribution in [-0.2, 0) is 0 Å². The highest BCUT2D eigenvalue weighted by Gasteiger charge is 2.17. The normalized spacial score (nSPS) is 11.4. The van der Waals surface area contributed by atoms with E-state index in [4.69, 9.17) is 11.6 Å². The molecule has 31 heavy (non-hydrogen) atoms. The minimum absolute atomic E-state index is 0.753. The van der Waals surface area contributed by atoms with Gasteiger partial charge in [0.25, 0.3) is 0 Å². The fraction of sp³-hybridized carbons (Fsp3) is 0. The maximum absolute atomic E-state index is 6.22. The standard InChI is InChI=1S/C30H19Cl/c31-24-16-14-21(15-17-24)30-26-13-7-6-12-25(26)29(20-8-2-1-3-9-20)27-18-22-10-4-5-11-23(22)19-28(27)30/h1-19H. The highest BCUT2D eigenvalue weighted by atomic mass is 35.5. The molecule has 0 aliphatic carbocycles. The van der Waals surface area contributed by atoms with Gasteiger partial charge in [-0.2, -0.15) is 0 Å². The summed E-state index contributed by atoms with van der Waals surface area (Å²) in [4.78, 5) is 0. The molecular weight excluding hydrogens is 396 g/mol. The van der Waals surface area contributed by atoms with Crippen molar-refractivity contribution in [2.24, 2.45) is 0 Å². The van der Waals surface area contributed by atoms with E-state index in [0.29, 0.717) is 0 Å². The van der Waals surface area contributed by atoms with Crippen LogP contribution in [0.25, 0.3) is 54.6 Å². The lowest BCUT2D eigenvalue weighted by Gasteiger charge is -2.18. The minimum atomic E-state index is 0.753. The molecule has 0 aromatic heterocycles. The van der Waals surface area contributed by atoms with Gasteiger partial charge in [-0.1, -0.05) is 103 Å². The quantitative estimate of drug-likeness (QED) is 0.248. The minimum Gasteiger partial charge on any atom is -0.0843 e. The molecule has 6 rings (SSSR count). The van der Waals surface area contributed by atoms with Gasteiger partial charge in [0.1, 0.15) is 0 Å². The molecule has 0 unspecified atom stereocenters. The molecule has 0 amide bonds. The van der Waals surface area contributed by atoms with Gasteiger partial charge < -0.3 is 0 Å². The second kappa shape index (κ2) is 7.27. The van der Waals surface area contributed by atoms with Gasteiger partial charge in [0.15, 0.2) is 0 Å². The first-order valence-electron chi connectivity index (χ1n) is 10.5. The zero-order chi connectivity index (χ0) is 20.8. The maximum Gasteiger partial charge on any atom is 0.0406 e. The Morgan fingerprint density at radius 2 is 0.839 bits per heavy atom. The van der Waals surface area contributed by atoms with Crippen LogP contribution in [0, 0.1) is 0 Å². The van der Waals surface area contributed by atoms with Crippen LogP contribution in [0.4, 0.5) is 0 Å². The first-order valence-corrected chi connectivity index (χ1v) is 10.9. The zero-order valence-electron chi connectivity index (χ0n) is 16.8. The van der Waals surface area contributed by atoms with Crippen LogP contribution in [0.15, 0.2) is 115 Å². The molecule has 0 aliphatic heterocycles. The van der Waals surface area contributed by atoms with E-state index in [9.17, 15) is 0 Å². The van der Waals surface area contributed by atoms with Crippen molar-refractivity contribution in [3.8, 4) is 22.3 Å². The van der Waals surface area contributed by atoms with Crippen LogP contribution in [0.5, 0.6) is 0 Å². The first-order chi connectivity index (χ1) is 15.3. The van der Waals surface area contributed by atoms with Crippen molar-refractivity contribution < 1.29 is 0 Å². The zero-order valence-corrected chi connectivity index (χ0v) is 17.6. The fourth-order valence-corrected chi connectivity index (χ4v) is 4.83. The van der Waals surface area contributed by atoms with Gasteiger partial charge in [-0.25, -0.2) is 0 Å². The Balaban J connectivity index is 1.87. The Hall–Kier alpha value is -3.61. The molecule has 0 atom stereocenters. The number of fused-ring (bicyclic) bond motifs is 3. The van der Waals surface area contributed by atoms with Crippen molar-refractivity contribution in [2.45, 2.75) is 0 Å². The molecule has 0 radical (unpaired) electrons. The lowest BCUT2D eigenvalue weighted by molar-refractivity contribution is 1.65. The summed E-state index contributed by atoms with van der Waals surface area (Å²) in [6.07, 6.45) is 0. The van der Waals surface area contributed by atoms with E-state index in [2.05, 4.69) is 103 Å². The van der Waals surface area contributed by atoms with Crippen LogP contribution in [0.1, 0.15) is 0 Å². The predicted octanol–water partition coefficient (Wildman–Crippen LogP) is 9.13. The van der Waals surface area contributed by atoms with Gasteiger partial charge >= 0.3 is 0 Å². The van der Waals surface area contributed by atoms with Crippen LogP contribution in [-0.4, -0.2) is 0 Å². The van der Waals surface area contributed by atoms with Crippen molar-refractivity contribution >= 4 is 43.9 Å². The molecule has 0 bridgehead atoms. The summed E-state index contributed by atoms with van der Waals surface area (Å²) in [5.41, 5.74) is 4.96. The maximum atomic E-state index is 6.22. The van der Waals surface area contributed by atoms with Crippen LogP contribution >= 0.6 is 11.6 Å². The third kappa shape index (κ3) is 3.00. The van der Waals surface area contributed by atoms with Gasteiger partial charge in [-0.15, -0.1) is 0 Å². The van der Waals surface area contributed by atoms with Crippen molar-refractivity contribution in [3.05, 3.63) is 120 Å². The van der Waals surface area contributed by atoms with Gasteiger partial charge in [-0.05, 0) is 78.8 Å². The molecule has 6 aromatic carbocycles. The summed E-state index contributed by atoms with van der Waals surface area (Å²) in [5.74, 6) is 0. The van der Waals surface area contributed by atoms with Crippen molar-refractivity contribution in [3.63, 3.8) is 0 Å². The van der Waals surface area contributed by atoms with Crippen molar-refractivity contribution in [1.82, 2.24) is 0 Å². The lowest BCUT2D eigenvalue weighted by Crippen LogP contribution is -1.91. The molecule has 6 aromatic rings. The van der Waals surface area contributed by atoms with Gasteiger partial charge in [-0.3, -0.25) is 0 Å². The molecule has 1 heteroatoms. The SMILES string of the molecule is Clc1ccc(-c2c3ccccc3c(-c3ccccc3)c3cc4ccccc4cc23)cc1. The highest BCUT2D eigenvalue weighted by Crippen LogP contribution is 2.44. The summed E-state index contributed by atoms with van der Waals surface area (Å²) in [6, 6.07) is 41.0. The highest BCUT2D eigenvalue weighted by molar-refractivity contribution is 6.30. The van der Waals surface area contributed by atoms with Gasteiger partial charge in [0, 0.05) is 5.02 Å². The topological polar surface area (TPSA) is 0 Å². The monoisotopic (exact) mass is 414 g/mol. The molecule has 0 nitrogen and oxygen atoms in total. The molecule has 0 saturated carbocycles. The largest absolute Gasteiger partial charge is 0.0843 e. The Morgan fingerprint density at radius 3 is 1.39 bits per heavy atom. The van der Waals surface area contributed by atoms with E-state index in [0.717, 1.165) is 5.02 Å². The van der Waals surface area contributed by atoms with Crippen LogP contribution < -0.4 is 0 Å². The van der Waals surface area contributed by atoms with E-state index in [1.807, 2.05) is 12.1 Å². The fourth-order valence-electron chi connectivity index (χ4n) is 4.71. The molecule has 0 saturated heterocycles. The van der Waals surface area contributed by atoms with Crippen LogP contribution in [0.3, 0.4) is 0 Å². The number of benzene rings is 6. The van der Waals surface area contributed by atoms with E-state index in [-0.39, 0.29) is 0 Å². The van der Waals surface area contributed by atoms with Crippen molar-refractivity contribution in [2.75, 3.05) is 0 Å². The number of hydrogen-bond acceptors (Lipinski definition) is 0. The number of rotatable bonds is 2. The summed E-state index contributed by atoms with van der Waals surface area (Å²) >= 11 is 6.22. The van der Waals surface area contributed by atoms with E-state index in [1.54, 1.807) is 0 Å². The van der Waals surface area contributed by atoms with E-state index in [1.165, 1.54) is 54.6 Å². The predicted molar refractivity (Wildman–Crippen MR) is 135 cm³/mol. The van der Waals surface area contributed by atoms with Crippen molar-refractivity contribution in [1.29, 1.82) is 0 Å². The Bertz CT molecular complexity index is 1560. The summed E-state index contributed by atoms with van der Waals surface area (Å²) < 4.78 is 0. The second-order valence-electron chi connectivity index (χ2n) is 7.91. The Labute approximate surface area is 186 Å². The summed E-state index contributed by atoms with van der Waals surface area (Å²) in [5, 5.41) is 8.31. The molecule has 0 aliphatic rings. The third-order valence-electron chi connectivity index (χ3n) is 6.09. The lowest BCUT2D eigenvalue weighted by atomic mass is 9.85. The first kappa shape index (κ1) is 18.2. The molecule has 0 spiro atoms. The number of hydrogen-bond donors (Lipinski definition) is 0. The average Bonchev–Trinajstić information content (AvgIpc) is 2.82.